The van der Waals surface area contributed by atoms with Crippen LogP contribution in [0.4, 0.5) is 18.9 Å². The van der Waals surface area contributed by atoms with E-state index in [0.717, 1.165) is 38.1 Å². The van der Waals surface area contributed by atoms with Gasteiger partial charge in [0.05, 0.1) is 27.3 Å². The lowest BCUT2D eigenvalue weighted by Gasteiger charge is -2.40. The summed E-state index contributed by atoms with van der Waals surface area (Å²) in [6, 6.07) is 8.86. The summed E-state index contributed by atoms with van der Waals surface area (Å²) in [4.78, 5) is 32.6. The Labute approximate surface area is 223 Å². The molecule has 1 N–H and O–H groups in total. The van der Waals surface area contributed by atoms with Crippen LogP contribution >= 0.6 is 0 Å². The number of alkyl halides is 3. The molecular weight excluding hydrogens is 513 g/mol. The summed E-state index contributed by atoms with van der Waals surface area (Å²) in [5, 5.41) is 21.8. The normalized spacial score (nSPS) is 17.9. The zero-order valence-corrected chi connectivity index (χ0v) is 21.3. The van der Waals surface area contributed by atoms with Gasteiger partial charge in [-0.3, -0.25) is 15.0 Å². The maximum atomic E-state index is 13.5. The predicted octanol–water partition coefficient (Wildman–Crippen LogP) is 5.98. The van der Waals surface area contributed by atoms with Crippen LogP contribution in [0.1, 0.15) is 53.6 Å². The van der Waals surface area contributed by atoms with Crippen molar-refractivity contribution in [1.82, 2.24) is 14.8 Å². The quantitative estimate of drug-likeness (QED) is 0.302. The molecule has 0 spiro atoms. The Bertz CT molecular complexity index is 1400. The number of carbonyl (C=O) groups is 1. The van der Waals surface area contributed by atoms with Gasteiger partial charge in [-0.1, -0.05) is 18.6 Å². The van der Waals surface area contributed by atoms with Crippen molar-refractivity contribution in [3.63, 3.8) is 0 Å². The number of halogens is 3. The van der Waals surface area contributed by atoms with E-state index in [-0.39, 0.29) is 45.5 Å². The first-order valence-corrected chi connectivity index (χ1v) is 13.1. The van der Waals surface area contributed by atoms with Crippen molar-refractivity contribution in [2.75, 3.05) is 26.2 Å². The maximum absolute atomic E-state index is 13.5. The summed E-state index contributed by atoms with van der Waals surface area (Å²) in [7, 11) is 0. The second-order valence-corrected chi connectivity index (χ2v) is 10.3. The van der Waals surface area contributed by atoms with E-state index in [9.17, 15) is 33.2 Å². The highest BCUT2D eigenvalue weighted by molar-refractivity contribution is 6.06. The van der Waals surface area contributed by atoms with Crippen LogP contribution in [0.5, 0.6) is 0 Å². The fraction of sp³-hybridized carbons (Fsp3) is 0.429. The molecular formula is C28H29F3N4O4. The number of hydrogen-bond donors (Lipinski definition) is 1. The second-order valence-electron chi connectivity index (χ2n) is 10.3. The zero-order chi connectivity index (χ0) is 27.7. The van der Waals surface area contributed by atoms with Crippen molar-refractivity contribution in [3.05, 3.63) is 69.3 Å². The Kier molecular flexibility index (Phi) is 7.55. The monoisotopic (exact) mass is 542 g/mol. The molecule has 206 valence electrons. The van der Waals surface area contributed by atoms with E-state index in [0.29, 0.717) is 19.1 Å². The number of piperidine rings is 2. The van der Waals surface area contributed by atoms with Gasteiger partial charge in [0.2, 0.25) is 0 Å². The van der Waals surface area contributed by atoms with Crippen LogP contribution < -0.4 is 0 Å². The van der Waals surface area contributed by atoms with Crippen LogP contribution in [-0.4, -0.2) is 63.0 Å². The molecule has 2 aliphatic heterocycles. The van der Waals surface area contributed by atoms with E-state index in [1.54, 1.807) is 0 Å². The highest BCUT2D eigenvalue weighted by atomic mass is 19.4. The Balaban J connectivity index is 1.58. The number of nitrogens with zero attached hydrogens (tertiary/aromatic N) is 4. The number of carboxylic acids is 1. The summed E-state index contributed by atoms with van der Waals surface area (Å²) < 4.78 is 40.6. The van der Waals surface area contributed by atoms with Crippen molar-refractivity contribution in [1.29, 1.82) is 0 Å². The van der Waals surface area contributed by atoms with E-state index >= 15 is 0 Å². The van der Waals surface area contributed by atoms with Gasteiger partial charge in [0.25, 0.3) is 5.69 Å². The van der Waals surface area contributed by atoms with E-state index in [1.165, 1.54) is 49.6 Å². The molecule has 0 aliphatic carbocycles. The van der Waals surface area contributed by atoms with Gasteiger partial charge < -0.3 is 10.0 Å². The Morgan fingerprint density at radius 2 is 1.77 bits per heavy atom. The Morgan fingerprint density at radius 3 is 2.41 bits per heavy atom. The van der Waals surface area contributed by atoms with E-state index < -0.39 is 22.6 Å². The summed E-state index contributed by atoms with van der Waals surface area (Å²) in [6.07, 6.45) is 0.870. The standard InChI is InChI=1S/C28H29F3N4O4/c29-28(30,31)19-6-4-5-18(15-19)26-23(17-33-13-9-20(10-14-33)34-11-2-1-3-12-34)25(27(36)37)22-16-21(35(38)39)7-8-24(22)32-26/h4-8,15-16,20H,1-3,9-14,17H2,(H,36,37). The predicted molar refractivity (Wildman–Crippen MR) is 140 cm³/mol. The fourth-order valence-corrected chi connectivity index (χ4v) is 5.83. The number of hydrogen-bond acceptors (Lipinski definition) is 6. The fourth-order valence-electron chi connectivity index (χ4n) is 5.83. The van der Waals surface area contributed by atoms with Crippen LogP contribution in [0, 0.1) is 10.1 Å². The SMILES string of the molecule is O=C(O)c1c(CN2CCC(N3CCCCC3)CC2)c(-c2cccc(C(F)(F)F)c2)nc2ccc([N+](=O)[O-])cc12. The molecule has 11 heteroatoms. The lowest BCUT2D eigenvalue weighted by atomic mass is 9.94. The molecule has 1 aromatic heterocycles. The third-order valence-electron chi connectivity index (χ3n) is 7.80. The highest BCUT2D eigenvalue weighted by Gasteiger charge is 2.32. The number of benzene rings is 2. The third kappa shape index (κ3) is 5.74. The average Bonchev–Trinajstić information content (AvgIpc) is 2.92. The molecule has 0 radical (unpaired) electrons. The van der Waals surface area contributed by atoms with E-state index in [4.69, 9.17) is 0 Å². The summed E-state index contributed by atoms with van der Waals surface area (Å²) in [5.74, 6) is -1.31. The lowest BCUT2D eigenvalue weighted by Crippen LogP contribution is -2.46. The second kappa shape index (κ2) is 10.9. The number of aromatic carboxylic acids is 1. The van der Waals surface area contributed by atoms with Crippen LogP contribution in [0.15, 0.2) is 42.5 Å². The van der Waals surface area contributed by atoms with Gasteiger partial charge in [0.1, 0.15) is 0 Å². The minimum absolute atomic E-state index is 0.0885. The first-order valence-electron chi connectivity index (χ1n) is 13.1. The molecule has 0 unspecified atom stereocenters. The minimum Gasteiger partial charge on any atom is -0.478 e. The molecule has 2 aliphatic rings. The van der Waals surface area contributed by atoms with Crippen molar-refractivity contribution in [3.8, 4) is 11.3 Å². The lowest BCUT2D eigenvalue weighted by molar-refractivity contribution is -0.384. The van der Waals surface area contributed by atoms with Crippen molar-refractivity contribution < 1.29 is 28.0 Å². The molecule has 3 aromatic rings. The average molecular weight is 543 g/mol. The van der Waals surface area contributed by atoms with Crippen LogP contribution in [0.3, 0.4) is 0 Å². The minimum atomic E-state index is -4.58. The number of nitro groups is 1. The number of aromatic nitrogens is 1. The largest absolute Gasteiger partial charge is 0.478 e. The van der Waals surface area contributed by atoms with Gasteiger partial charge in [0, 0.05) is 41.2 Å². The van der Waals surface area contributed by atoms with Crippen LogP contribution in [-0.2, 0) is 12.7 Å². The molecule has 0 atom stereocenters. The summed E-state index contributed by atoms with van der Waals surface area (Å²) in [6.45, 7) is 3.73. The molecule has 8 nitrogen and oxygen atoms in total. The van der Waals surface area contributed by atoms with Gasteiger partial charge in [-0.25, -0.2) is 9.78 Å². The Morgan fingerprint density at radius 1 is 1.05 bits per heavy atom. The first kappa shape index (κ1) is 27.0. The topological polar surface area (TPSA) is 99.8 Å². The number of nitro benzene ring substituents is 1. The number of fused-ring (bicyclic) bond motifs is 1. The number of carboxylic acid groups (broad SMARTS) is 1. The molecule has 0 amide bonds. The van der Waals surface area contributed by atoms with Crippen molar-refractivity contribution >= 4 is 22.6 Å². The Hall–Kier alpha value is -3.57. The van der Waals surface area contributed by atoms with Gasteiger partial charge in [-0.05, 0) is 70.1 Å². The number of likely N-dealkylation sites (tertiary alicyclic amines) is 2. The number of pyridine rings is 1. The third-order valence-corrected chi connectivity index (χ3v) is 7.80. The molecule has 2 aromatic carbocycles. The van der Waals surface area contributed by atoms with E-state index in [2.05, 4.69) is 14.8 Å². The van der Waals surface area contributed by atoms with Gasteiger partial charge >= 0.3 is 12.1 Å². The summed E-state index contributed by atoms with van der Waals surface area (Å²) in [5.41, 5.74) is -0.620. The van der Waals surface area contributed by atoms with Crippen molar-refractivity contribution in [2.45, 2.75) is 50.9 Å². The molecule has 39 heavy (non-hydrogen) atoms. The van der Waals surface area contributed by atoms with Crippen molar-refractivity contribution in [2.24, 2.45) is 0 Å². The van der Waals surface area contributed by atoms with Gasteiger partial charge in [0.15, 0.2) is 0 Å². The maximum Gasteiger partial charge on any atom is 0.416 e. The smallest absolute Gasteiger partial charge is 0.416 e. The first-order chi connectivity index (χ1) is 18.6. The van der Waals surface area contributed by atoms with Gasteiger partial charge in [-0.2, -0.15) is 13.2 Å². The molecule has 2 saturated heterocycles. The molecule has 0 saturated carbocycles. The summed E-state index contributed by atoms with van der Waals surface area (Å²) >= 11 is 0. The zero-order valence-electron chi connectivity index (χ0n) is 21.3. The molecule has 0 bridgehead atoms. The molecule has 3 heterocycles. The molecule has 2 fully saturated rings. The number of non-ortho nitro benzene ring substituents is 1. The van der Waals surface area contributed by atoms with Crippen LogP contribution in [0.25, 0.3) is 22.2 Å². The molecule has 5 rings (SSSR count). The van der Waals surface area contributed by atoms with Crippen LogP contribution in [0.2, 0.25) is 0 Å². The number of rotatable bonds is 6. The van der Waals surface area contributed by atoms with Gasteiger partial charge in [-0.15, -0.1) is 0 Å². The highest BCUT2D eigenvalue weighted by Crippen LogP contribution is 2.37. The van der Waals surface area contributed by atoms with E-state index in [1.807, 2.05) is 0 Å².